The van der Waals surface area contributed by atoms with E-state index in [9.17, 15) is 12.9 Å². The zero-order valence-corrected chi connectivity index (χ0v) is 10.1. The zero-order valence-electron chi connectivity index (χ0n) is 10.1. The predicted molar refractivity (Wildman–Crippen MR) is 66.8 cm³/mol. The molecule has 1 aliphatic rings. The van der Waals surface area contributed by atoms with Crippen molar-refractivity contribution in [1.29, 1.82) is 0 Å². The largest absolute Gasteiger partial charge is 0.508 e. The average Bonchev–Trinajstić information content (AvgIpc) is 2.34. The molecular formula is C13H15BF3O-. The molecule has 0 fully saturated rings. The van der Waals surface area contributed by atoms with Crippen LogP contribution in [0.1, 0.15) is 24.0 Å². The van der Waals surface area contributed by atoms with E-state index in [2.05, 4.69) is 6.58 Å². The van der Waals surface area contributed by atoms with Crippen LogP contribution in [-0.4, -0.2) is 13.6 Å². The quantitative estimate of drug-likeness (QED) is 0.741. The Morgan fingerprint density at radius 3 is 2.50 bits per heavy atom. The van der Waals surface area contributed by atoms with Crippen molar-refractivity contribution >= 4 is 6.98 Å². The van der Waals surface area contributed by atoms with E-state index in [4.69, 9.17) is 4.74 Å². The van der Waals surface area contributed by atoms with Crippen molar-refractivity contribution < 1.29 is 17.7 Å². The van der Waals surface area contributed by atoms with Gasteiger partial charge in [-0.25, -0.2) is 0 Å². The molecule has 0 aromatic heterocycles. The van der Waals surface area contributed by atoms with Crippen molar-refractivity contribution in [2.45, 2.75) is 25.7 Å². The van der Waals surface area contributed by atoms with Gasteiger partial charge < -0.3 is 17.7 Å². The van der Waals surface area contributed by atoms with Gasteiger partial charge in [0.25, 0.3) is 0 Å². The molecule has 1 aromatic carbocycles. The topological polar surface area (TPSA) is 9.23 Å². The fraction of sp³-hybridized carbons (Fsp3) is 0.385. The highest BCUT2D eigenvalue weighted by atomic mass is 19.4. The minimum Gasteiger partial charge on any atom is -0.492 e. The minimum absolute atomic E-state index is 0.484. The van der Waals surface area contributed by atoms with E-state index in [1.165, 1.54) is 17.5 Å². The first-order valence-electron chi connectivity index (χ1n) is 6.09. The van der Waals surface area contributed by atoms with Gasteiger partial charge in [0.05, 0.1) is 6.61 Å². The Hall–Kier alpha value is -1.39. The molecule has 18 heavy (non-hydrogen) atoms. The lowest BCUT2D eigenvalue weighted by atomic mass is 9.81. The van der Waals surface area contributed by atoms with Crippen LogP contribution in [0.2, 0.25) is 0 Å². The van der Waals surface area contributed by atoms with Gasteiger partial charge in [-0.1, -0.05) is 6.07 Å². The molecule has 0 aliphatic heterocycles. The average molecular weight is 255 g/mol. The van der Waals surface area contributed by atoms with Crippen molar-refractivity contribution in [2.75, 3.05) is 6.61 Å². The Labute approximate surface area is 105 Å². The molecule has 0 spiro atoms. The summed E-state index contributed by atoms with van der Waals surface area (Å²) in [6, 6.07) is 5.54. The van der Waals surface area contributed by atoms with Crippen LogP contribution < -0.4 is 4.74 Å². The molecule has 0 atom stereocenters. The molecule has 5 heteroatoms. The lowest BCUT2D eigenvalue weighted by Crippen LogP contribution is -2.23. The third-order valence-corrected chi connectivity index (χ3v) is 3.21. The maximum Gasteiger partial charge on any atom is 0.508 e. The van der Waals surface area contributed by atoms with Crippen LogP contribution in [0.3, 0.4) is 0 Å². The Kier molecular flexibility index (Phi) is 3.69. The summed E-state index contributed by atoms with van der Waals surface area (Å²) >= 11 is 0. The van der Waals surface area contributed by atoms with E-state index >= 15 is 0 Å². The number of benzene rings is 1. The van der Waals surface area contributed by atoms with Gasteiger partial charge in [-0.2, -0.15) is 0 Å². The third kappa shape index (κ3) is 3.09. The van der Waals surface area contributed by atoms with Crippen LogP contribution in [0.4, 0.5) is 12.9 Å². The Balaban J connectivity index is 2.00. The monoisotopic (exact) mass is 255 g/mol. The normalized spacial score (nSPS) is 15.1. The fourth-order valence-electron chi connectivity index (χ4n) is 2.07. The second-order valence-corrected chi connectivity index (χ2v) is 4.66. The molecule has 0 saturated carbocycles. The lowest BCUT2D eigenvalue weighted by molar-refractivity contribution is 0.346. The van der Waals surface area contributed by atoms with Gasteiger partial charge in [0.2, 0.25) is 0 Å². The van der Waals surface area contributed by atoms with Crippen LogP contribution in [0.25, 0.3) is 0 Å². The summed E-state index contributed by atoms with van der Waals surface area (Å²) in [5, 5.41) is 0. The standard InChI is InChI=1S/C13H15BF3O/c1-10(14(15,16)17)9-18-13-7-6-11-4-2-3-5-12(11)8-13/h6-8H,1-5,9H2/q-1. The number of ether oxygens (including phenoxy) is 1. The van der Waals surface area contributed by atoms with Gasteiger partial charge in [0.1, 0.15) is 5.75 Å². The molecule has 0 saturated heterocycles. The Morgan fingerprint density at radius 2 is 1.83 bits per heavy atom. The van der Waals surface area contributed by atoms with E-state index in [0.717, 1.165) is 19.3 Å². The third-order valence-electron chi connectivity index (χ3n) is 3.21. The van der Waals surface area contributed by atoms with Crippen molar-refractivity contribution in [3.05, 3.63) is 41.4 Å². The zero-order chi connectivity index (χ0) is 13.2. The second kappa shape index (κ2) is 5.08. The molecule has 0 unspecified atom stereocenters. The van der Waals surface area contributed by atoms with E-state index < -0.39 is 19.1 Å². The molecule has 1 aliphatic carbocycles. The predicted octanol–water partition coefficient (Wildman–Crippen LogP) is 3.89. The number of hydrogen-bond acceptors (Lipinski definition) is 1. The molecule has 0 heterocycles. The Morgan fingerprint density at radius 1 is 1.17 bits per heavy atom. The summed E-state index contributed by atoms with van der Waals surface area (Å²) in [5.41, 5.74) is 1.68. The van der Waals surface area contributed by atoms with E-state index in [0.29, 0.717) is 5.75 Å². The highest BCUT2D eigenvalue weighted by Crippen LogP contribution is 2.26. The minimum atomic E-state index is -5.00. The summed E-state index contributed by atoms with van der Waals surface area (Å²) in [4.78, 5) is 0. The molecular weight excluding hydrogens is 240 g/mol. The SMILES string of the molecule is C=C(COc1ccc2c(c1)CCCC2)[B-](F)(F)F. The summed E-state index contributed by atoms with van der Waals surface area (Å²) < 4.78 is 42.1. The highest BCUT2D eigenvalue weighted by molar-refractivity contribution is 6.66. The number of halogens is 3. The summed E-state index contributed by atoms with van der Waals surface area (Å²) in [5.74, 6) is 0.497. The van der Waals surface area contributed by atoms with Crippen LogP contribution >= 0.6 is 0 Å². The second-order valence-electron chi connectivity index (χ2n) is 4.66. The molecule has 0 amide bonds. The van der Waals surface area contributed by atoms with Crippen molar-refractivity contribution in [1.82, 2.24) is 0 Å². The number of hydrogen-bond donors (Lipinski definition) is 0. The van der Waals surface area contributed by atoms with Gasteiger partial charge in [-0.05, 0) is 48.9 Å². The van der Waals surface area contributed by atoms with Crippen molar-refractivity contribution in [2.24, 2.45) is 0 Å². The van der Waals surface area contributed by atoms with Crippen LogP contribution in [0.15, 0.2) is 30.3 Å². The first kappa shape index (κ1) is 13.1. The molecule has 0 N–H and O–H groups in total. The molecule has 0 radical (unpaired) electrons. The van der Waals surface area contributed by atoms with Crippen molar-refractivity contribution in [3.63, 3.8) is 0 Å². The van der Waals surface area contributed by atoms with Crippen LogP contribution in [-0.2, 0) is 12.8 Å². The summed E-state index contributed by atoms with van der Waals surface area (Å²) in [6.45, 7) is -2.48. The van der Waals surface area contributed by atoms with E-state index in [1.54, 1.807) is 6.07 Å². The molecule has 1 aromatic rings. The molecule has 2 rings (SSSR count). The van der Waals surface area contributed by atoms with Gasteiger partial charge in [-0.3, -0.25) is 0 Å². The lowest BCUT2D eigenvalue weighted by Gasteiger charge is -2.20. The van der Waals surface area contributed by atoms with Crippen LogP contribution in [0, 0.1) is 0 Å². The number of fused-ring (bicyclic) bond motifs is 1. The number of rotatable bonds is 4. The van der Waals surface area contributed by atoms with E-state index in [-0.39, 0.29) is 0 Å². The maximum absolute atomic E-state index is 12.3. The maximum atomic E-state index is 12.3. The first-order valence-corrected chi connectivity index (χ1v) is 6.09. The van der Waals surface area contributed by atoms with Gasteiger partial charge in [0, 0.05) is 0 Å². The number of aryl methyl sites for hydroxylation is 2. The molecule has 1 nitrogen and oxygen atoms in total. The smallest absolute Gasteiger partial charge is 0.492 e. The fourth-order valence-corrected chi connectivity index (χ4v) is 2.07. The van der Waals surface area contributed by atoms with Crippen molar-refractivity contribution in [3.8, 4) is 5.75 Å². The molecule has 0 bridgehead atoms. The Bertz CT molecular complexity index is 454. The first-order chi connectivity index (χ1) is 8.47. The molecule has 98 valence electrons. The highest BCUT2D eigenvalue weighted by Gasteiger charge is 2.26. The summed E-state index contributed by atoms with van der Waals surface area (Å²) in [7, 11) is 0. The summed E-state index contributed by atoms with van der Waals surface area (Å²) in [6.07, 6.45) is 4.35. The van der Waals surface area contributed by atoms with Gasteiger partial charge in [0.15, 0.2) is 0 Å². The van der Waals surface area contributed by atoms with Gasteiger partial charge in [-0.15, -0.1) is 12.1 Å². The van der Waals surface area contributed by atoms with E-state index in [1.807, 2.05) is 12.1 Å². The van der Waals surface area contributed by atoms with Gasteiger partial charge >= 0.3 is 6.98 Å². The van der Waals surface area contributed by atoms with Crippen LogP contribution in [0.5, 0.6) is 5.75 Å².